The van der Waals surface area contributed by atoms with E-state index in [1.54, 1.807) is 7.11 Å². The summed E-state index contributed by atoms with van der Waals surface area (Å²) in [6, 6.07) is -1.02. The molecule has 0 aromatic rings. The second-order valence-electron chi connectivity index (χ2n) is 14.3. The molecule has 316 valence electrons. The van der Waals surface area contributed by atoms with Gasteiger partial charge in [0.2, 0.25) is 5.91 Å². The molecule has 1 aliphatic heterocycles. The molecule has 0 saturated carbocycles. The standard InChI is InChI=1S/C42H78NO10P/c1-7-11-13-15-16-17-18-19-20-21-22-23-24-26-28-30-38(44)43-39-41(49-34-31-36(48-6)29-27-25-14-12-8-2)40(37(35-47-5)52-42(39)45)53-54(46,50-32-9-3)51-33-10-4/h9-10,17-18,36-37,39-42,45H,3-4,7-8,11-16,19-35H2,1-2,5-6H3,(H,43,44)/b18-17-/t36-,37?,39-,40-,41-,42?/m1/s1. The zero-order chi connectivity index (χ0) is 39.7. The average molecular weight is 788 g/mol. The van der Waals surface area contributed by atoms with Crippen molar-refractivity contribution in [3.63, 3.8) is 0 Å². The van der Waals surface area contributed by atoms with Crippen molar-refractivity contribution in [2.75, 3.05) is 40.6 Å². The summed E-state index contributed by atoms with van der Waals surface area (Å²) < 4.78 is 54.4. The first-order valence-corrected chi connectivity index (χ1v) is 22.5. The van der Waals surface area contributed by atoms with Crippen LogP contribution in [0.3, 0.4) is 0 Å². The van der Waals surface area contributed by atoms with Gasteiger partial charge in [0.1, 0.15) is 24.4 Å². The molecule has 0 aliphatic carbocycles. The topological polar surface area (TPSA) is 131 Å². The van der Waals surface area contributed by atoms with E-state index in [0.29, 0.717) is 12.8 Å². The maximum absolute atomic E-state index is 13.8. The van der Waals surface area contributed by atoms with E-state index in [4.69, 9.17) is 32.5 Å². The molecule has 1 saturated heterocycles. The summed E-state index contributed by atoms with van der Waals surface area (Å²) >= 11 is 0. The van der Waals surface area contributed by atoms with Crippen LogP contribution in [-0.2, 0) is 41.9 Å². The first-order valence-electron chi connectivity index (χ1n) is 21.0. The summed E-state index contributed by atoms with van der Waals surface area (Å²) in [6.07, 6.45) is 25.7. The number of carbonyl (C=O) groups is 1. The lowest BCUT2D eigenvalue weighted by Crippen LogP contribution is -2.65. The summed E-state index contributed by atoms with van der Waals surface area (Å²) in [5.41, 5.74) is 0. The third-order valence-corrected chi connectivity index (χ3v) is 11.1. The second kappa shape index (κ2) is 33.7. The molecule has 1 aliphatic rings. The predicted octanol–water partition coefficient (Wildman–Crippen LogP) is 9.92. The highest BCUT2D eigenvalue weighted by atomic mass is 31.2. The molecule has 2 N–H and O–H groups in total. The van der Waals surface area contributed by atoms with Gasteiger partial charge in [-0.05, 0) is 44.9 Å². The zero-order valence-electron chi connectivity index (χ0n) is 34.4. The van der Waals surface area contributed by atoms with E-state index in [1.165, 1.54) is 89.9 Å². The van der Waals surface area contributed by atoms with Gasteiger partial charge in [-0.15, -0.1) is 13.2 Å². The normalized spacial score (nSPS) is 21.0. The Morgan fingerprint density at radius 2 is 1.35 bits per heavy atom. The maximum Gasteiger partial charge on any atom is 0.475 e. The lowest BCUT2D eigenvalue weighted by Gasteiger charge is -2.45. The number of phosphoric acid groups is 1. The van der Waals surface area contributed by atoms with Gasteiger partial charge in [-0.2, -0.15) is 0 Å². The number of ether oxygens (including phenoxy) is 4. The average Bonchev–Trinajstić information content (AvgIpc) is 3.16. The summed E-state index contributed by atoms with van der Waals surface area (Å²) in [5.74, 6) is -0.238. The highest BCUT2D eigenvalue weighted by molar-refractivity contribution is 7.48. The summed E-state index contributed by atoms with van der Waals surface area (Å²) in [5, 5.41) is 14.2. The van der Waals surface area contributed by atoms with Crippen molar-refractivity contribution < 1.29 is 47.0 Å². The first kappa shape index (κ1) is 50.6. The van der Waals surface area contributed by atoms with Gasteiger partial charge < -0.3 is 29.4 Å². The monoisotopic (exact) mass is 788 g/mol. The number of rotatable bonds is 37. The molecule has 0 radical (unpaired) electrons. The van der Waals surface area contributed by atoms with Gasteiger partial charge in [0.05, 0.1) is 25.9 Å². The van der Waals surface area contributed by atoms with Crippen molar-refractivity contribution in [1.82, 2.24) is 5.32 Å². The van der Waals surface area contributed by atoms with Crippen LogP contribution in [0.15, 0.2) is 37.5 Å². The third-order valence-electron chi connectivity index (χ3n) is 9.65. The molecule has 6 atom stereocenters. The van der Waals surface area contributed by atoms with Crippen LogP contribution in [0.1, 0.15) is 149 Å². The molecule has 0 aromatic heterocycles. The number of phosphoric ester groups is 1. The zero-order valence-corrected chi connectivity index (χ0v) is 35.3. The van der Waals surface area contributed by atoms with Crippen LogP contribution in [0.2, 0.25) is 0 Å². The molecule has 0 aromatic carbocycles. The number of hydrogen-bond donors (Lipinski definition) is 2. The minimum Gasteiger partial charge on any atom is -0.382 e. The molecule has 0 spiro atoms. The van der Waals surface area contributed by atoms with Gasteiger partial charge in [-0.25, -0.2) is 4.57 Å². The fraction of sp³-hybridized carbons (Fsp3) is 0.833. The van der Waals surface area contributed by atoms with Gasteiger partial charge in [0.25, 0.3) is 0 Å². The van der Waals surface area contributed by atoms with Crippen molar-refractivity contribution in [3.8, 4) is 0 Å². The number of unbranched alkanes of at least 4 members (excludes halogenated alkanes) is 15. The Morgan fingerprint density at radius 1 is 0.796 bits per heavy atom. The maximum atomic E-state index is 13.8. The Bertz CT molecular complexity index is 998. The molecular formula is C42H78NO10P. The van der Waals surface area contributed by atoms with Crippen LogP contribution in [0.5, 0.6) is 0 Å². The molecule has 1 heterocycles. The van der Waals surface area contributed by atoms with Gasteiger partial charge in [0, 0.05) is 27.2 Å². The van der Waals surface area contributed by atoms with E-state index in [2.05, 4.69) is 44.5 Å². The minimum atomic E-state index is -4.21. The quantitative estimate of drug-likeness (QED) is 0.0356. The minimum absolute atomic E-state index is 0.0144. The SMILES string of the molecule is C=CCOP(=O)(OCC=C)O[C@@H]1C(COC)OC(O)[C@H](NC(=O)CCCCCCCCC/C=C\CCCCCC)[C@H]1OCC[C@@H](CCCCCCC)OC. The third kappa shape index (κ3) is 23.6. The van der Waals surface area contributed by atoms with E-state index in [-0.39, 0.29) is 38.4 Å². The van der Waals surface area contributed by atoms with Gasteiger partial charge in [-0.1, -0.05) is 122 Å². The molecule has 2 unspecified atom stereocenters. The number of allylic oxidation sites excluding steroid dienone is 2. The number of hydrogen-bond acceptors (Lipinski definition) is 10. The summed E-state index contributed by atoms with van der Waals surface area (Å²) in [6.45, 7) is 11.7. The molecule has 1 fully saturated rings. The van der Waals surface area contributed by atoms with E-state index in [1.807, 2.05) is 0 Å². The lowest BCUT2D eigenvalue weighted by molar-refractivity contribution is -0.261. The second-order valence-corrected chi connectivity index (χ2v) is 15.9. The van der Waals surface area contributed by atoms with Crippen LogP contribution in [0, 0.1) is 0 Å². The number of aliphatic hydroxyl groups excluding tert-OH is 1. The molecule has 11 nitrogen and oxygen atoms in total. The largest absolute Gasteiger partial charge is 0.475 e. The molecule has 1 amide bonds. The number of nitrogens with one attached hydrogen (secondary N) is 1. The van der Waals surface area contributed by atoms with E-state index >= 15 is 0 Å². The number of aliphatic hydroxyl groups is 1. The van der Waals surface area contributed by atoms with Crippen LogP contribution in [0.4, 0.5) is 0 Å². The fourth-order valence-corrected chi connectivity index (χ4v) is 7.86. The summed E-state index contributed by atoms with van der Waals surface area (Å²) in [7, 11) is -1.03. The molecular weight excluding hydrogens is 709 g/mol. The molecule has 54 heavy (non-hydrogen) atoms. The highest BCUT2D eigenvalue weighted by Gasteiger charge is 2.51. The van der Waals surface area contributed by atoms with Crippen LogP contribution in [-0.4, -0.2) is 88.4 Å². The van der Waals surface area contributed by atoms with Crippen molar-refractivity contribution in [3.05, 3.63) is 37.5 Å². The van der Waals surface area contributed by atoms with Gasteiger partial charge >= 0.3 is 7.82 Å². The Morgan fingerprint density at radius 3 is 1.93 bits per heavy atom. The molecule has 0 bridgehead atoms. The first-order chi connectivity index (χ1) is 26.3. The van der Waals surface area contributed by atoms with Crippen LogP contribution in [0.25, 0.3) is 0 Å². The summed E-state index contributed by atoms with van der Waals surface area (Å²) in [4.78, 5) is 13.3. The van der Waals surface area contributed by atoms with Gasteiger partial charge in [0.15, 0.2) is 6.29 Å². The van der Waals surface area contributed by atoms with Crippen molar-refractivity contribution in [1.29, 1.82) is 0 Å². The van der Waals surface area contributed by atoms with Gasteiger partial charge in [-0.3, -0.25) is 18.4 Å². The number of amides is 1. The Labute approximate surface area is 328 Å². The Hall–Kier alpha value is -1.40. The van der Waals surface area contributed by atoms with E-state index in [0.717, 1.165) is 51.4 Å². The van der Waals surface area contributed by atoms with E-state index in [9.17, 15) is 14.5 Å². The number of methoxy groups -OCH3 is 2. The van der Waals surface area contributed by atoms with E-state index < -0.39 is 38.5 Å². The van der Waals surface area contributed by atoms with Crippen LogP contribution >= 0.6 is 7.82 Å². The van der Waals surface area contributed by atoms with Crippen molar-refractivity contribution in [2.45, 2.75) is 185 Å². The fourth-order valence-electron chi connectivity index (χ4n) is 6.54. The predicted molar refractivity (Wildman–Crippen MR) is 217 cm³/mol. The highest BCUT2D eigenvalue weighted by Crippen LogP contribution is 2.52. The van der Waals surface area contributed by atoms with Crippen LogP contribution < -0.4 is 5.32 Å². The van der Waals surface area contributed by atoms with Crippen molar-refractivity contribution in [2.24, 2.45) is 0 Å². The lowest BCUT2D eigenvalue weighted by atomic mass is 9.96. The molecule has 12 heteroatoms. The molecule has 1 rings (SSSR count). The van der Waals surface area contributed by atoms with Crippen molar-refractivity contribution >= 4 is 13.7 Å². The Balaban J connectivity index is 2.86. The number of carbonyl (C=O) groups excluding carboxylic acids is 1. The Kier molecular flexibility index (Phi) is 31.6. The smallest absolute Gasteiger partial charge is 0.382 e.